The third-order valence-corrected chi connectivity index (χ3v) is 6.67. The molecule has 8 heteroatoms. The van der Waals surface area contributed by atoms with E-state index >= 15 is 0 Å². The lowest BCUT2D eigenvalue weighted by molar-refractivity contribution is 0.102. The number of carbonyl (C=O) groups is 1. The van der Waals surface area contributed by atoms with Crippen LogP contribution in [0.15, 0.2) is 66.9 Å². The van der Waals surface area contributed by atoms with Gasteiger partial charge in [-0.3, -0.25) is 4.79 Å². The largest absolute Gasteiger partial charge is 0.305 e. The van der Waals surface area contributed by atoms with E-state index in [2.05, 4.69) is 16.4 Å². The van der Waals surface area contributed by atoms with E-state index in [4.69, 9.17) is 39.9 Å². The van der Waals surface area contributed by atoms with E-state index in [1.54, 1.807) is 35.1 Å². The average molecular weight is 524 g/mol. The van der Waals surface area contributed by atoms with Gasteiger partial charge in [0.1, 0.15) is 5.82 Å². The van der Waals surface area contributed by atoms with Crippen LogP contribution in [0.4, 0.5) is 5.82 Å². The normalized spacial score (nSPS) is 14.4. The molecule has 0 radical (unpaired) electrons. The van der Waals surface area contributed by atoms with Crippen LogP contribution in [0.5, 0.6) is 0 Å². The number of rotatable bonds is 4. The maximum Gasteiger partial charge on any atom is 0.277 e. The van der Waals surface area contributed by atoms with E-state index in [1.807, 2.05) is 36.4 Å². The van der Waals surface area contributed by atoms with Crippen LogP contribution >= 0.6 is 34.8 Å². The van der Waals surface area contributed by atoms with Crippen LogP contribution in [0.2, 0.25) is 15.1 Å². The Morgan fingerprint density at radius 1 is 0.943 bits per heavy atom. The third-order valence-electron chi connectivity index (χ3n) is 5.88. The van der Waals surface area contributed by atoms with E-state index in [-0.39, 0.29) is 5.91 Å². The Bertz CT molecular complexity index is 1410. The van der Waals surface area contributed by atoms with Crippen LogP contribution in [-0.2, 0) is 6.42 Å². The van der Waals surface area contributed by atoms with E-state index < -0.39 is 0 Å². The number of benzene rings is 2. The summed E-state index contributed by atoms with van der Waals surface area (Å²) in [4.78, 5) is 17.6. The molecule has 0 bridgehead atoms. The van der Waals surface area contributed by atoms with Gasteiger partial charge in [0.25, 0.3) is 5.91 Å². The van der Waals surface area contributed by atoms with Crippen LogP contribution in [0.1, 0.15) is 46.6 Å². The van der Waals surface area contributed by atoms with Crippen molar-refractivity contribution in [1.29, 1.82) is 0 Å². The molecule has 176 valence electrons. The van der Waals surface area contributed by atoms with Crippen molar-refractivity contribution in [2.24, 2.45) is 0 Å². The number of allylic oxidation sites excluding steroid dienone is 1. The highest BCUT2D eigenvalue weighted by atomic mass is 35.5. The molecule has 5 nitrogen and oxygen atoms in total. The Hall–Kier alpha value is -3.12. The lowest BCUT2D eigenvalue weighted by Gasteiger charge is -2.13. The lowest BCUT2D eigenvalue weighted by Crippen LogP contribution is -2.15. The number of halogens is 3. The van der Waals surface area contributed by atoms with Crippen LogP contribution in [0.3, 0.4) is 0 Å². The average Bonchev–Trinajstić information content (AvgIpc) is 3.10. The van der Waals surface area contributed by atoms with Crippen molar-refractivity contribution in [1.82, 2.24) is 14.8 Å². The molecule has 0 aliphatic heterocycles. The van der Waals surface area contributed by atoms with Crippen molar-refractivity contribution in [3.05, 3.63) is 104 Å². The molecule has 1 N–H and O–H groups in total. The SMILES string of the molecule is O=C(Nc1ccccn1)c1nn(-c2ccc(Cl)cc2Cl)c2c1CCCCC2=Cc1ccc(Cl)cc1. The number of carbonyl (C=O) groups excluding carboxylic acids is 1. The Morgan fingerprint density at radius 2 is 1.71 bits per heavy atom. The predicted octanol–water partition coefficient (Wildman–Crippen LogP) is 7.75. The smallest absolute Gasteiger partial charge is 0.277 e. The van der Waals surface area contributed by atoms with Gasteiger partial charge in [-0.1, -0.05) is 53.0 Å². The highest BCUT2D eigenvalue weighted by Gasteiger charge is 2.28. The molecule has 0 saturated carbocycles. The molecule has 1 aliphatic rings. The summed E-state index contributed by atoms with van der Waals surface area (Å²) >= 11 is 18.9. The second-order valence-corrected chi connectivity index (χ2v) is 9.56. The van der Waals surface area contributed by atoms with E-state index in [9.17, 15) is 4.79 Å². The minimum Gasteiger partial charge on any atom is -0.305 e. The second kappa shape index (κ2) is 10.2. The quantitative estimate of drug-likeness (QED) is 0.278. The van der Waals surface area contributed by atoms with Gasteiger partial charge in [0.15, 0.2) is 5.69 Å². The maximum atomic E-state index is 13.4. The van der Waals surface area contributed by atoms with E-state index in [1.165, 1.54) is 0 Å². The van der Waals surface area contributed by atoms with Crippen molar-refractivity contribution >= 4 is 58.2 Å². The molecule has 2 aromatic heterocycles. The van der Waals surface area contributed by atoms with Crippen molar-refractivity contribution in [3.63, 3.8) is 0 Å². The molecule has 4 aromatic rings. The minimum absolute atomic E-state index is 0.309. The van der Waals surface area contributed by atoms with Gasteiger partial charge < -0.3 is 5.32 Å². The second-order valence-electron chi connectivity index (χ2n) is 8.28. The van der Waals surface area contributed by atoms with Crippen LogP contribution in [0.25, 0.3) is 17.3 Å². The molecule has 1 amide bonds. The zero-order chi connectivity index (χ0) is 24.4. The summed E-state index contributed by atoms with van der Waals surface area (Å²) in [6.07, 6.45) is 7.26. The molecule has 2 aromatic carbocycles. The Labute approximate surface area is 218 Å². The summed E-state index contributed by atoms with van der Waals surface area (Å²) in [6.45, 7) is 0. The number of pyridine rings is 1. The number of anilines is 1. The molecule has 0 fully saturated rings. The molecule has 0 unspecified atom stereocenters. The Kier molecular flexibility index (Phi) is 6.91. The fraction of sp³-hybridized carbons (Fsp3) is 0.148. The first-order chi connectivity index (χ1) is 17.0. The number of nitrogens with zero attached hydrogens (tertiary/aromatic N) is 3. The van der Waals surface area contributed by atoms with Gasteiger partial charge >= 0.3 is 0 Å². The monoisotopic (exact) mass is 522 g/mol. The van der Waals surface area contributed by atoms with Crippen LogP contribution in [-0.4, -0.2) is 20.7 Å². The highest BCUT2D eigenvalue weighted by Crippen LogP contribution is 2.37. The third kappa shape index (κ3) is 5.13. The van der Waals surface area contributed by atoms with Crippen molar-refractivity contribution < 1.29 is 4.79 Å². The number of amides is 1. The molecule has 1 aliphatic carbocycles. The summed E-state index contributed by atoms with van der Waals surface area (Å²) in [5, 5.41) is 9.32. The van der Waals surface area contributed by atoms with Crippen LogP contribution in [0, 0.1) is 0 Å². The van der Waals surface area contributed by atoms with Crippen molar-refractivity contribution in [2.75, 3.05) is 5.32 Å². The first kappa shape index (κ1) is 23.6. The molecular weight excluding hydrogens is 503 g/mol. The van der Waals surface area contributed by atoms with Gasteiger partial charge in [-0.25, -0.2) is 9.67 Å². The van der Waals surface area contributed by atoms with Gasteiger partial charge in [-0.05, 0) is 85.4 Å². The number of hydrogen-bond acceptors (Lipinski definition) is 3. The molecular formula is C27H21Cl3N4O. The number of fused-ring (bicyclic) bond motifs is 1. The summed E-state index contributed by atoms with van der Waals surface area (Å²) in [7, 11) is 0. The number of hydrogen-bond donors (Lipinski definition) is 1. The molecule has 0 saturated heterocycles. The summed E-state index contributed by atoms with van der Waals surface area (Å²) in [5.74, 6) is 0.160. The maximum absolute atomic E-state index is 13.4. The van der Waals surface area contributed by atoms with E-state index in [0.717, 1.165) is 48.1 Å². The zero-order valence-corrected chi connectivity index (χ0v) is 20.9. The van der Waals surface area contributed by atoms with Gasteiger partial charge in [0.05, 0.1) is 16.4 Å². The summed E-state index contributed by atoms with van der Waals surface area (Å²) in [5.41, 5.74) is 4.89. The highest BCUT2D eigenvalue weighted by molar-refractivity contribution is 6.35. The molecule has 35 heavy (non-hydrogen) atoms. The van der Waals surface area contributed by atoms with E-state index in [0.29, 0.717) is 32.3 Å². The Balaban J connectivity index is 1.68. The molecule has 0 spiro atoms. The van der Waals surface area contributed by atoms with Gasteiger partial charge in [0, 0.05) is 21.8 Å². The minimum atomic E-state index is -0.309. The van der Waals surface area contributed by atoms with Gasteiger partial charge in [0.2, 0.25) is 0 Å². The van der Waals surface area contributed by atoms with Crippen molar-refractivity contribution in [2.45, 2.75) is 25.7 Å². The topological polar surface area (TPSA) is 59.8 Å². The first-order valence-electron chi connectivity index (χ1n) is 11.3. The number of aromatic nitrogens is 3. The van der Waals surface area contributed by atoms with Gasteiger partial charge in [-0.2, -0.15) is 5.10 Å². The van der Waals surface area contributed by atoms with Crippen molar-refractivity contribution in [3.8, 4) is 5.69 Å². The zero-order valence-electron chi connectivity index (χ0n) is 18.6. The molecule has 2 heterocycles. The Morgan fingerprint density at radius 3 is 2.46 bits per heavy atom. The first-order valence-corrected chi connectivity index (χ1v) is 12.4. The van der Waals surface area contributed by atoms with Crippen LogP contribution < -0.4 is 5.32 Å². The summed E-state index contributed by atoms with van der Waals surface area (Å²) in [6, 6.07) is 18.3. The fourth-order valence-electron chi connectivity index (χ4n) is 4.28. The molecule has 0 atom stereocenters. The molecule has 5 rings (SSSR count). The standard InChI is InChI=1S/C27H21Cl3N4O/c28-19-10-8-17(9-11-19)15-18-5-1-2-6-21-25(27(35)32-24-7-3-4-14-31-24)33-34(26(18)21)23-13-12-20(29)16-22(23)30/h3-4,7-16H,1-2,5-6H2,(H,31,32,35). The summed E-state index contributed by atoms with van der Waals surface area (Å²) < 4.78 is 1.77. The van der Waals surface area contributed by atoms with Gasteiger partial charge in [-0.15, -0.1) is 0 Å². The fourth-order valence-corrected chi connectivity index (χ4v) is 4.89. The number of nitrogens with one attached hydrogen (secondary N) is 1. The predicted molar refractivity (Wildman–Crippen MR) is 143 cm³/mol. The lowest BCUT2D eigenvalue weighted by atomic mass is 10.0.